The number of ether oxygens (including phenoxy) is 1. The molecule has 126 valence electrons. The van der Waals surface area contributed by atoms with Crippen LogP contribution in [0.3, 0.4) is 0 Å². The van der Waals surface area contributed by atoms with Gasteiger partial charge >= 0.3 is 6.03 Å². The first-order valence-electron chi connectivity index (χ1n) is 8.52. The van der Waals surface area contributed by atoms with Crippen molar-refractivity contribution in [3.05, 3.63) is 29.8 Å². The molecular formula is C18H26N2O3. The number of urea groups is 1. The molecule has 0 spiro atoms. The Labute approximate surface area is 137 Å². The Kier molecular flexibility index (Phi) is 4.76. The van der Waals surface area contributed by atoms with Gasteiger partial charge in [-0.15, -0.1) is 0 Å². The van der Waals surface area contributed by atoms with Gasteiger partial charge in [-0.1, -0.05) is 31.5 Å². The fraction of sp³-hybridized carbons (Fsp3) is 0.611. The second-order valence-electron chi connectivity index (χ2n) is 6.96. The minimum absolute atomic E-state index is 0.0320. The predicted octanol–water partition coefficient (Wildman–Crippen LogP) is 2.75. The first-order valence-corrected chi connectivity index (χ1v) is 8.52. The van der Waals surface area contributed by atoms with E-state index in [4.69, 9.17) is 4.74 Å². The van der Waals surface area contributed by atoms with Crippen LogP contribution in [0.1, 0.15) is 50.6 Å². The molecule has 2 aliphatic rings. The van der Waals surface area contributed by atoms with Crippen molar-refractivity contribution in [2.24, 2.45) is 5.41 Å². The molecule has 0 bridgehead atoms. The van der Waals surface area contributed by atoms with Crippen LogP contribution < -0.4 is 15.4 Å². The molecule has 23 heavy (non-hydrogen) atoms. The highest BCUT2D eigenvalue weighted by molar-refractivity contribution is 5.75. The van der Waals surface area contributed by atoms with Gasteiger partial charge in [-0.25, -0.2) is 4.79 Å². The number of carbonyl (C=O) groups excluding carboxylic acids is 1. The van der Waals surface area contributed by atoms with Crippen LogP contribution in [0.2, 0.25) is 0 Å². The van der Waals surface area contributed by atoms with Crippen LogP contribution in [0, 0.1) is 5.41 Å². The number of benzene rings is 1. The molecule has 0 aromatic heterocycles. The van der Waals surface area contributed by atoms with Gasteiger partial charge < -0.3 is 20.5 Å². The van der Waals surface area contributed by atoms with E-state index in [0.717, 1.165) is 43.4 Å². The highest BCUT2D eigenvalue weighted by Gasteiger charge is 2.39. The van der Waals surface area contributed by atoms with Crippen LogP contribution in [0.4, 0.5) is 4.79 Å². The van der Waals surface area contributed by atoms with Crippen molar-refractivity contribution in [3.63, 3.8) is 0 Å². The molecular weight excluding hydrogens is 292 g/mol. The number of nitrogens with one attached hydrogen (secondary N) is 2. The van der Waals surface area contributed by atoms with E-state index in [1.54, 1.807) is 0 Å². The first kappa shape index (κ1) is 16.1. The summed E-state index contributed by atoms with van der Waals surface area (Å²) in [5.41, 5.74) is 0.832. The molecule has 3 N–H and O–H groups in total. The summed E-state index contributed by atoms with van der Waals surface area (Å²) in [5, 5.41) is 15.8. The van der Waals surface area contributed by atoms with Crippen molar-refractivity contribution in [2.45, 2.75) is 51.1 Å². The van der Waals surface area contributed by atoms with Gasteiger partial charge in [0.2, 0.25) is 0 Å². The van der Waals surface area contributed by atoms with E-state index in [0.29, 0.717) is 6.61 Å². The van der Waals surface area contributed by atoms with Gasteiger partial charge in [0, 0.05) is 17.0 Å². The number of rotatable bonds is 3. The number of fused-ring (bicyclic) bond motifs is 1. The molecule has 2 amide bonds. The molecule has 3 atom stereocenters. The minimum Gasteiger partial charge on any atom is -0.493 e. The lowest BCUT2D eigenvalue weighted by molar-refractivity contribution is 0.120. The fourth-order valence-corrected chi connectivity index (χ4v) is 3.70. The average Bonchev–Trinajstić information content (AvgIpc) is 2.79. The molecule has 5 nitrogen and oxygen atoms in total. The fourth-order valence-electron chi connectivity index (χ4n) is 3.70. The van der Waals surface area contributed by atoms with E-state index in [1.165, 1.54) is 0 Å². The molecule has 1 aromatic rings. The van der Waals surface area contributed by atoms with Crippen molar-refractivity contribution in [1.29, 1.82) is 0 Å². The second-order valence-corrected chi connectivity index (χ2v) is 6.96. The monoisotopic (exact) mass is 318 g/mol. The van der Waals surface area contributed by atoms with E-state index in [-0.39, 0.29) is 30.1 Å². The third-order valence-corrected chi connectivity index (χ3v) is 5.24. The van der Waals surface area contributed by atoms with E-state index in [1.807, 2.05) is 31.2 Å². The zero-order valence-electron chi connectivity index (χ0n) is 13.7. The Morgan fingerprint density at radius 3 is 2.96 bits per heavy atom. The van der Waals surface area contributed by atoms with Crippen molar-refractivity contribution in [1.82, 2.24) is 10.6 Å². The summed E-state index contributed by atoms with van der Waals surface area (Å²) < 4.78 is 5.74. The Balaban J connectivity index is 1.66. The van der Waals surface area contributed by atoms with Gasteiger partial charge in [0.05, 0.1) is 19.3 Å². The molecule has 0 radical (unpaired) electrons. The Bertz CT molecular complexity index is 563. The Morgan fingerprint density at radius 2 is 2.13 bits per heavy atom. The summed E-state index contributed by atoms with van der Waals surface area (Å²) >= 11 is 0. The van der Waals surface area contributed by atoms with Crippen LogP contribution in [0.5, 0.6) is 5.75 Å². The zero-order chi connectivity index (χ0) is 16.3. The van der Waals surface area contributed by atoms with Crippen LogP contribution in [0.25, 0.3) is 0 Å². The van der Waals surface area contributed by atoms with Crippen LogP contribution in [-0.2, 0) is 0 Å². The third kappa shape index (κ3) is 3.44. The molecule has 1 aliphatic heterocycles. The second kappa shape index (κ2) is 6.79. The van der Waals surface area contributed by atoms with E-state index >= 15 is 0 Å². The number of para-hydroxylation sites is 1. The Morgan fingerprint density at radius 1 is 1.30 bits per heavy atom. The average molecular weight is 318 g/mol. The van der Waals surface area contributed by atoms with Gasteiger partial charge in [-0.2, -0.15) is 0 Å². The van der Waals surface area contributed by atoms with Gasteiger partial charge in [0.25, 0.3) is 0 Å². The lowest BCUT2D eigenvalue weighted by Gasteiger charge is -2.30. The highest BCUT2D eigenvalue weighted by atomic mass is 16.5. The molecule has 1 saturated carbocycles. The molecule has 0 saturated heterocycles. The summed E-state index contributed by atoms with van der Waals surface area (Å²) in [6, 6.07) is 7.73. The molecule has 5 heteroatoms. The zero-order valence-corrected chi connectivity index (χ0v) is 13.7. The van der Waals surface area contributed by atoms with E-state index in [9.17, 15) is 9.90 Å². The number of hydrogen-bond donors (Lipinski definition) is 3. The standard InChI is InChI=1S/C18H26N2O3/c1-18(12-21)10-4-9-16(18)20-17(22)19-14-7-5-11-23-15-8-3-2-6-13(14)15/h2-3,6,8,14,16,21H,4-5,7,9-12H2,1H3,(H2,19,20,22). The summed E-state index contributed by atoms with van der Waals surface area (Å²) in [7, 11) is 0. The summed E-state index contributed by atoms with van der Waals surface area (Å²) in [5.74, 6) is 0.858. The topological polar surface area (TPSA) is 70.6 Å². The van der Waals surface area contributed by atoms with Crippen molar-refractivity contribution in [2.75, 3.05) is 13.2 Å². The number of amides is 2. The number of hydrogen-bond acceptors (Lipinski definition) is 3. The normalized spacial score (nSPS) is 30.0. The van der Waals surface area contributed by atoms with E-state index in [2.05, 4.69) is 10.6 Å². The number of aliphatic hydroxyl groups is 1. The maximum Gasteiger partial charge on any atom is 0.315 e. The lowest BCUT2D eigenvalue weighted by Crippen LogP contribution is -2.49. The molecule has 3 unspecified atom stereocenters. The largest absolute Gasteiger partial charge is 0.493 e. The quantitative estimate of drug-likeness (QED) is 0.802. The molecule has 1 aromatic carbocycles. The van der Waals surface area contributed by atoms with Crippen LogP contribution in [-0.4, -0.2) is 30.4 Å². The number of carbonyl (C=O) groups is 1. The Hall–Kier alpha value is -1.75. The van der Waals surface area contributed by atoms with Gasteiger partial charge in [-0.05, 0) is 31.7 Å². The van der Waals surface area contributed by atoms with Gasteiger partial charge in [0.15, 0.2) is 0 Å². The SMILES string of the molecule is CC1(CO)CCCC1NC(=O)NC1CCCOc2ccccc21. The number of aliphatic hydroxyl groups excluding tert-OH is 1. The lowest BCUT2D eigenvalue weighted by atomic mass is 9.86. The van der Waals surface area contributed by atoms with Crippen molar-refractivity contribution in [3.8, 4) is 5.75 Å². The van der Waals surface area contributed by atoms with Crippen LogP contribution >= 0.6 is 0 Å². The minimum atomic E-state index is -0.207. The predicted molar refractivity (Wildman–Crippen MR) is 88.4 cm³/mol. The maximum absolute atomic E-state index is 12.4. The van der Waals surface area contributed by atoms with Crippen molar-refractivity contribution >= 4 is 6.03 Å². The molecule has 3 rings (SSSR count). The summed E-state index contributed by atoms with van der Waals surface area (Å²) in [6.45, 7) is 2.83. The molecule has 1 heterocycles. The molecule has 1 aliphatic carbocycles. The van der Waals surface area contributed by atoms with E-state index < -0.39 is 0 Å². The smallest absolute Gasteiger partial charge is 0.315 e. The molecule has 1 fully saturated rings. The first-order chi connectivity index (χ1) is 11.1. The van der Waals surface area contributed by atoms with Crippen LogP contribution in [0.15, 0.2) is 24.3 Å². The van der Waals surface area contributed by atoms with Gasteiger partial charge in [-0.3, -0.25) is 0 Å². The third-order valence-electron chi connectivity index (χ3n) is 5.24. The van der Waals surface area contributed by atoms with Gasteiger partial charge in [0.1, 0.15) is 5.75 Å². The summed E-state index contributed by atoms with van der Waals surface area (Å²) in [6.07, 6.45) is 4.70. The highest BCUT2D eigenvalue weighted by Crippen LogP contribution is 2.37. The summed E-state index contributed by atoms with van der Waals surface area (Å²) in [4.78, 5) is 12.4. The maximum atomic E-state index is 12.4. The van der Waals surface area contributed by atoms with Crippen molar-refractivity contribution < 1.29 is 14.6 Å².